The number of hydrogen-bond acceptors (Lipinski definition) is 4. The number of aliphatic hydroxyl groups excluding tert-OH is 1. The molecule has 1 radical (unpaired) electrons. The minimum atomic E-state index is -0.125. The number of ketones is 1. The maximum absolute atomic E-state index is 10.0. The summed E-state index contributed by atoms with van der Waals surface area (Å²) in [6, 6.07) is 25.1. The molecule has 0 unspecified atom stereocenters. The second-order valence-corrected chi connectivity index (χ2v) is 10.3. The van der Waals surface area contributed by atoms with Crippen LogP contribution in [0.1, 0.15) is 40.2 Å². The summed E-state index contributed by atoms with van der Waals surface area (Å²) < 4.78 is 1.24. The van der Waals surface area contributed by atoms with E-state index in [0.717, 1.165) is 22.2 Å². The third-order valence-corrected chi connectivity index (χ3v) is 6.48. The molecule has 35 heavy (non-hydrogen) atoms. The number of fused-ring (bicyclic) bond motifs is 4. The summed E-state index contributed by atoms with van der Waals surface area (Å²) in [5.74, 6) is -0.0625. The predicted molar refractivity (Wildman–Crippen MR) is 145 cm³/mol. The Balaban J connectivity index is 0.000000378. The molecular weight excluding hydrogens is 631 g/mol. The molecule has 5 rings (SSSR count). The summed E-state index contributed by atoms with van der Waals surface area (Å²) in [6.07, 6.45) is 1.17. The van der Waals surface area contributed by atoms with E-state index in [1.54, 1.807) is 11.3 Å². The number of thiophene rings is 1. The predicted octanol–water partition coefficient (Wildman–Crippen LogP) is 8.40. The van der Waals surface area contributed by atoms with Gasteiger partial charge in [-0.05, 0) is 42.2 Å². The van der Waals surface area contributed by atoms with Crippen LogP contribution in [0.15, 0.2) is 77.9 Å². The van der Waals surface area contributed by atoms with Crippen molar-refractivity contribution < 1.29 is 30.0 Å². The SMILES string of the molecule is CC(=O)/C=C(/C)O.CC(C)(C)c1cc(-c2nc3ccccc3c3ccsc23)[c-]c2ccccc12.[Ir]. The van der Waals surface area contributed by atoms with Gasteiger partial charge in [-0.3, -0.25) is 9.78 Å². The Kier molecular flexibility index (Phi) is 8.27. The van der Waals surface area contributed by atoms with E-state index < -0.39 is 0 Å². The number of aliphatic hydroxyl groups is 1. The molecule has 0 amide bonds. The molecule has 5 aromatic rings. The van der Waals surface area contributed by atoms with Gasteiger partial charge in [0, 0.05) is 42.0 Å². The van der Waals surface area contributed by atoms with Crippen molar-refractivity contribution in [3.8, 4) is 11.3 Å². The average molecular weight is 659 g/mol. The molecule has 0 fully saturated rings. The smallest absolute Gasteiger partial charge is 0.155 e. The molecule has 0 aliphatic heterocycles. The van der Waals surface area contributed by atoms with Crippen LogP contribution in [0.4, 0.5) is 0 Å². The van der Waals surface area contributed by atoms with Gasteiger partial charge < -0.3 is 5.11 Å². The van der Waals surface area contributed by atoms with Crippen molar-refractivity contribution in [1.82, 2.24) is 4.98 Å². The molecule has 0 saturated heterocycles. The second kappa shape index (κ2) is 10.8. The number of nitrogens with zero attached hydrogens (tertiary/aromatic N) is 1. The zero-order valence-electron chi connectivity index (χ0n) is 20.5. The largest absolute Gasteiger partial charge is 0.512 e. The van der Waals surface area contributed by atoms with Crippen LogP contribution in [0.2, 0.25) is 0 Å². The van der Waals surface area contributed by atoms with Crippen LogP contribution < -0.4 is 0 Å². The van der Waals surface area contributed by atoms with Gasteiger partial charge >= 0.3 is 0 Å². The van der Waals surface area contributed by atoms with Crippen LogP contribution in [0, 0.1) is 6.07 Å². The first-order valence-corrected chi connectivity index (χ1v) is 12.1. The first-order chi connectivity index (χ1) is 16.1. The Morgan fingerprint density at radius 3 is 2.26 bits per heavy atom. The summed E-state index contributed by atoms with van der Waals surface area (Å²) in [4.78, 5) is 15.1. The van der Waals surface area contributed by atoms with E-state index in [-0.39, 0.29) is 37.1 Å². The molecule has 2 aromatic heterocycles. The van der Waals surface area contributed by atoms with Gasteiger partial charge in [0.25, 0.3) is 0 Å². The van der Waals surface area contributed by atoms with Crippen molar-refractivity contribution in [1.29, 1.82) is 0 Å². The van der Waals surface area contributed by atoms with Gasteiger partial charge in [0.15, 0.2) is 5.78 Å². The number of para-hydroxylation sites is 1. The molecule has 0 bridgehead atoms. The molecule has 2 heterocycles. The maximum atomic E-state index is 10.0. The average Bonchev–Trinajstić information content (AvgIpc) is 3.27. The fraction of sp³-hybridized carbons (Fsp3) is 0.200. The molecule has 3 aromatic carbocycles. The summed E-state index contributed by atoms with van der Waals surface area (Å²) in [7, 11) is 0. The van der Waals surface area contributed by atoms with E-state index in [0.29, 0.717) is 0 Å². The van der Waals surface area contributed by atoms with Gasteiger partial charge in [0.05, 0.1) is 11.3 Å². The molecule has 5 heteroatoms. The molecule has 1 N–H and O–H groups in total. The summed E-state index contributed by atoms with van der Waals surface area (Å²) >= 11 is 1.76. The number of allylic oxidation sites excluding steroid dienone is 2. The number of hydrogen-bond donors (Lipinski definition) is 1. The van der Waals surface area contributed by atoms with E-state index in [1.807, 2.05) is 0 Å². The first kappa shape index (κ1) is 26.7. The molecule has 3 nitrogen and oxygen atoms in total. The minimum absolute atomic E-state index is 0. The molecule has 0 saturated carbocycles. The quantitative estimate of drug-likeness (QED) is 0.118. The third kappa shape index (κ3) is 5.87. The zero-order valence-corrected chi connectivity index (χ0v) is 23.7. The van der Waals surface area contributed by atoms with Crippen LogP contribution in [0.5, 0.6) is 0 Å². The minimum Gasteiger partial charge on any atom is -0.512 e. The summed E-state index contributed by atoms with van der Waals surface area (Å²) in [6.45, 7) is 9.66. The maximum Gasteiger partial charge on any atom is 0.155 e. The van der Waals surface area contributed by atoms with Crippen molar-refractivity contribution in [2.75, 3.05) is 0 Å². The number of carbonyl (C=O) groups excluding carboxylic acids is 1. The topological polar surface area (TPSA) is 50.2 Å². The van der Waals surface area contributed by atoms with Crippen molar-refractivity contribution in [3.05, 3.63) is 89.5 Å². The van der Waals surface area contributed by atoms with Crippen LogP contribution in [-0.4, -0.2) is 15.9 Å². The Hall–Kier alpha value is -2.85. The van der Waals surface area contributed by atoms with Crippen LogP contribution in [-0.2, 0) is 30.3 Å². The number of benzene rings is 3. The number of pyridine rings is 1. The van der Waals surface area contributed by atoms with E-state index in [2.05, 4.69) is 92.9 Å². The Labute approximate surface area is 223 Å². The van der Waals surface area contributed by atoms with Gasteiger partial charge in [-0.1, -0.05) is 68.1 Å². The van der Waals surface area contributed by atoms with Crippen LogP contribution >= 0.6 is 11.3 Å². The van der Waals surface area contributed by atoms with E-state index in [4.69, 9.17) is 10.1 Å². The zero-order chi connectivity index (χ0) is 24.5. The van der Waals surface area contributed by atoms with Gasteiger partial charge in [-0.15, -0.1) is 40.5 Å². The first-order valence-electron chi connectivity index (χ1n) is 11.2. The summed E-state index contributed by atoms with van der Waals surface area (Å²) in [5.41, 5.74) is 4.55. The van der Waals surface area contributed by atoms with Crippen LogP contribution in [0.25, 0.3) is 43.0 Å². The Bertz CT molecular complexity index is 1540. The molecule has 0 spiro atoms. The van der Waals surface area contributed by atoms with Crippen molar-refractivity contribution in [2.24, 2.45) is 0 Å². The molecule has 0 aliphatic carbocycles. The number of carbonyl (C=O) groups is 1. The Morgan fingerprint density at radius 1 is 0.971 bits per heavy atom. The van der Waals surface area contributed by atoms with E-state index in [1.165, 1.54) is 46.3 Å². The molecule has 181 valence electrons. The Morgan fingerprint density at radius 2 is 1.63 bits per heavy atom. The van der Waals surface area contributed by atoms with E-state index in [9.17, 15) is 4.79 Å². The normalized spacial score (nSPS) is 11.7. The number of rotatable bonds is 2. The van der Waals surface area contributed by atoms with Gasteiger partial charge in [-0.2, -0.15) is 0 Å². The van der Waals surface area contributed by atoms with Gasteiger partial charge in [0.1, 0.15) is 0 Å². The van der Waals surface area contributed by atoms with Crippen molar-refractivity contribution in [3.63, 3.8) is 0 Å². The fourth-order valence-corrected chi connectivity index (χ4v) is 5.04. The van der Waals surface area contributed by atoms with Crippen LogP contribution in [0.3, 0.4) is 0 Å². The number of aromatic nitrogens is 1. The monoisotopic (exact) mass is 659 g/mol. The van der Waals surface area contributed by atoms with Gasteiger partial charge in [0.2, 0.25) is 0 Å². The second-order valence-electron chi connectivity index (χ2n) is 9.43. The fourth-order valence-electron chi connectivity index (χ4n) is 4.13. The third-order valence-electron chi connectivity index (χ3n) is 5.56. The van der Waals surface area contributed by atoms with Crippen molar-refractivity contribution >= 4 is 48.9 Å². The van der Waals surface area contributed by atoms with Crippen molar-refractivity contribution in [2.45, 2.75) is 40.0 Å². The van der Waals surface area contributed by atoms with Gasteiger partial charge in [-0.25, -0.2) is 0 Å². The molecule has 0 atom stereocenters. The molecule has 0 aliphatic rings. The van der Waals surface area contributed by atoms with E-state index >= 15 is 0 Å². The molecular formula is C30H28IrNO2S-. The summed E-state index contributed by atoms with van der Waals surface area (Å²) in [5, 5.41) is 15.4. The standard InChI is InChI=1S/C25H20NS.C5H8O2.Ir/c1-25(2,3)21-15-17(14-16-8-4-5-9-18(16)21)23-24-20(12-13-27-24)19-10-6-7-11-22(19)26-23;1-4(6)3-5(2)7;/h4-13,15H,1-3H3;3,6H,1-2H3;/q-1;;/b;4-3-;.